The Morgan fingerprint density at radius 1 is 1.27 bits per heavy atom. The highest BCUT2D eigenvalue weighted by Crippen LogP contribution is 2.42. The van der Waals surface area contributed by atoms with Crippen LogP contribution in [0.15, 0.2) is 34.0 Å². The predicted molar refractivity (Wildman–Crippen MR) is 128 cm³/mol. The molecule has 33 heavy (non-hydrogen) atoms. The van der Waals surface area contributed by atoms with Gasteiger partial charge < -0.3 is 14.6 Å². The van der Waals surface area contributed by atoms with Crippen LogP contribution in [0.5, 0.6) is 0 Å². The van der Waals surface area contributed by atoms with Crippen molar-refractivity contribution in [3.05, 3.63) is 39.5 Å². The molecule has 6 nitrogen and oxygen atoms in total. The Labute approximate surface area is 198 Å². The highest BCUT2D eigenvalue weighted by molar-refractivity contribution is 7.99. The Kier molecular flexibility index (Phi) is 6.81. The molecule has 2 aromatic heterocycles. The molecule has 1 saturated carbocycles. The number of thioether (sulfide) groups is 1. The van der Waals surface area contributed by atoms with E-state index < -0.39 is 11.9 Å². The SMILES string of the molecule is CCOC(=O)Cn1c2nc(NCC3CC(F)(F)C3)ccc2c(=O)c2ccc(Cl)c(SCC)c21. The van der Waals surface area contributed by atoms with E-state index in [2.05, 4.69) is 10.3 Å². The zero-order valence-electron chi connectivity index (χ0n) is 18.3. The maximum absolute atomic E-state index is 13.3. The van der Waals surface area contributed by atoms with E-state index in [9.17, 15) is 18.4 Å². The van der Waals surface area contributed by atoms with Gasteiger partial charge in [0.25, 0.3) is 0 Å². The lowest BCUT2D eigenvalue weighted by Crippen LogP contribution is -2.39. The van der Waals surface area contributed by atoms with Gasteiger partial charge in [0.1, 0.15) is 18.0 Å². The summed E-state index contributed by atoms with van der Waals surface area (Å²) in [5.41, 5.74) is 0.625. The lowest BCUT2D eigenvalue weighted by molar-refractivity contribution is -0.143. The molecule has 176 valence electrons. The third-order valence-electron chi connectivity index (χ3n) is 5.60. The zero-order valence-corrected chi connectivity index (χ0v) is 19.9. The van der Waals surface area contributed by atoms with Crippen LogP contribution in [0.3, 0.4) is 0 Å². The van der Waals surface area contributed by atoms with Crippen LogP contribution in [0.2, 0.25) is 5.02 Å². The molecule has 0 saturated heterocycles. The quantitative estimate of drug-likeness (QED) is 0.258. The third kappa shape index (κ3) is 4.80. The molecule has 4 rings (SSSR count). The van der Waals surface area contributed by atoms with Gasteiger partial charge in [-0.1, -0.05) is 18.5 Å². The molecule has 0 aliphatic heterocycles. The smallest absolute Gasteiger partial charge is 0.326 e. The van der Waals surface area contributed by atoms with E-state index in [-0.39, 0.29) is 37.3 Å². The molecule has 0 bridgehead atoms. The second kappa shape index (κ2) is 9.46. The Hall–Kier alpha value is -2.39. The Morgan fingerprint density at radius 3 is 2.67 bits per heavy atom. The number of nitrogens with zero attached hydrogens (tertiary/aromatic N) is 2. The average Bonchev–Trinajstić information content (AvgIpc) is 2.75. The zero-order chi connectivity index (χ0) is 23.8. The normalized spacial score (nSPS) is 15.5. The number of fused-ring (bicyclic) bond motifs is 2. The van der Waals surface area contributed by atoms with Gasteiger partial charge in [0.2, 0.25) is 5.92 Å². The van der Waals surface area contributed by atoms with Crippen molar-refractivity contribution in [3.8, 4) is 0 Å². The minimum Gasteiger partial charge on any atom is -0.465 e. The Balaban J connectivity index is 1.85. The summed E-state index contributed by atoms with van der Waals surface area (Å²) in [5, 5.41) is 4.36. The fourth-order valence-electron chi connectivity index (χ4n) is 4.13. The van der Waals surface area contributed by atoms with E-state index in [1.165, 1.54) is 11.8 Å². The van der Waals surface area contributed by atoms with Crippen LogP contribution in [-0.4, -0.2) is 40.3 Å². The number of anilines is 1. The van der Waals surface area contributed by atoms with Crippen molar-refractivity contribution >= 4 is 57.1 Å². The maximum Gasteiger partial charge on any atom is 0.326 e. The van der Waals surface area contributed by atoms with Crippen molar-refractivity contribution in [1.82, 2.24) is 9.55 Å². The number of halogens is 3. The maximum atomic E-state index is 13.3. The van der Waals surface area contributed by atoms with Gasteiger partial charge in [-0.3, -0.25) is 9.59 Å². The topological polar surface area (TPSA) is 73.2 Å². The Morgan fingerprint density at radius 2 is 2.00 bits per heavy atom. The van der Waals surface area contributed by atoms with Crippen LogP contribution < -0.4 is 10.7 Å². The molecule has 1 aromatic carbocycles. The van der Waals surface area contributed by atoms with E-state index in [4.69, 9.17) is 16.3 Å². The van der Waals surface area contributed by atoms with Gasteiger partial charge in [-0.2, -0.15) is 0 Å². The molecular formula is C23H24ClF2N3O3S. The summed E-state index contributed by atoms with van der Waals surface area (Å²) in [6, 6.07) is 6.63. The van der Waals surface area contributed by atoms with Gasteiger partial charge in [0, 0.05) is 24.8 Å². The number of carbonyl (C=O) groups is 1. The van der Waals surface area contributed by atoms with Crippen LogP contribution in [-0.2, 0) is 16.1 Å². The molecule has 0 unspecified atom stereocenters. The van der Waals surface area contributed by atoms with Gasteiger partial charge >= 0.3 is 5.97 Å². The molecule has 0 amide bonds. The number of alkyl halides is 2. The fourth-order valence-corrected chi connectivity index (χ4v) is 5.30. The standard InChI is InChI=1S/C23H24ClF2N3O3S/c1-3-32-18(30)12-29-19-14(5-7-16(24)21(19)33-4-2)20(31)15-6-8-17(28-22(15)29)27-11-13-9-23(25,26)10-13/h5-8,13H,3-4,9-12H2,1-2H3,(H,27,28). The van der Waals surface area contributed by atoms with Gasteiger partial charge in [-0.15, -0.1) is 11.8 Å². The Bertz CT molecular complexity index is 1270. The molecule has 10 heteroatoms. The number of aromatic nitrogens is 2. The summed E-state index contributed by atoms with van der Waals surface area (Å²) >= 11 is 7.94. The highest BCUT2D eigenvalue weighted by Gasteiger charge is 2.44. The second-order valence-electron chi connectivity index (χ2n) is 8.00. The van der Waals surface area contributed by atoms with E-state index in [1.807, 2.05) is 6.92 Å². The molecule has 0 radical (unpaired) electrons. The number of hydrogen-bond donors (Lipinski definition) is 1. The van der Waals surface area contributed by atoms with Gasteiger partial charge in [-0.25, -0.2) is 13.8 Å². The van der Waals surface area contributed by atoms with Gasteiger partial charge in [0.05, 0.1) is 27.4 Å². The molecule has 0 spiro atoms. The number of nitrogens with one attached hydrogen (secondary N) is 1. The van der Waals surface area contributed by atoms with Crippen molar-refractivity contribution in [2.75, 3.05) is 24.2 Å². The van der Waals surface area contributed by atoms with Gasteiger partial charge in [0.15, 0.2) is 5.43 Å². The third-order valence-corrected chi connectivity index (χ3v) is 7.02. The molecule has 1 aliphatic rings. The van der Waals surface area contributed by atoms with E-state index in [0.29, 0.717) is 50.0 Å². The van der Waals surface area contributed by atoms with Crippen LogP contribution in [0.25, 0.3) is 21.9 Å². The molecule has 1 aliphatic carbocycles. The number of carbonyl (C=O) groups excluding carboxylic acids is 1. The molecule has 2 heterocycles. The summed E-state index contributed by atoms with van der Waals surface area (Å²) in [6.07, 6.45) is -0.302. The van der Waals surface area contributed by atoms with Crippen LogP contribution in [0, 0.1) is 5.92 Å². The summed E-state index contributed by atoms with van der Waals surface area (Å²) in [6.45, 7) is 4.12. The fraction of sp³-hybridized carbons (Fsp3) is 0.435. The first-order chi connectivity index (χ1) is 15.7. The van der Waals surface area contributed by atoms with Gasteiger partial charge in [-0.05, 0) is 42.9 Å². The van der Waals surface area contributed by atoms with Crippen molar-refractivity contribution in [3.63, 3.8) is 0 Å². The molecular weight excluding hydrogens is 472 g/mol. The predicted octanol–water partition coefficient (Wildman–Crippen LogP) is 5.34. The van der Waals surface area contributed by atoms with E-state index in [1.54, 1.807) is 35.8 Å². The molecule has 3 aromatic rings. The summed E-state index contributed by atoms with van der Waals surface area (Å²) in [4.78, 5) is 31.1. The largest absolute Gasteiger partial charge is 0.465 e. The molecule has 1 N–H and O–H groups in total. The lowest BCUT2D eigenvalue weighted by atomic mass is 9.81. The first-order valence-electron chi connectivity index (χ1n) is 10.8. The lowest BCUT2D eigenvalue weighted by Gasteiger charge is -2.35. The van der Waals surface area contributed by atoms with Crippen molar-refractivity contribution in [1.29, 1.82) is 0 Å². The number of esters is 1. The minimum atomic E-state index is -2.59. The van der Waals surface area contributed by atoms with E-state index >= 15 is 0 Å². The number of hydrogen-bond acceptors (Lipinski definition) is 6. The number of ether oxygens (including phenoxy) is 1. The van der Waals surface area contributed by atoms with Crippen LogP contribution in [0.4, 0.5) is 14.6 Å². The van der Waals surface area contributed by atoms with Crippen molar-refractivity contribution in [2.45, 2.75) is 44.1 Å². The average molecular weight is 496 g/mol. The minimum absolute atomic E-state index is 0.137. The number of pyridine rings is 2. The van der Waals surface area contributed by atoms with Crippen LogP contribution in [0.1, 0.15) is 26.7 Å². The first kappa shape index (κ1) is 23.8. The second-order valence-corrected chi connectivity index (χ2v) is 9.69. The summed E-state index contributed by atoms with van der Waals surface area (Å²) < 4.78 is 33.1. The molecule has 0 atom stereocenters. The summed E-state index contributed by atoms with van der Waals surface area (Å²) in [7, 11) is 0. The van der Waals surface area contributed by atoms with Crippen molar-refractivity contribution in [2.24, 2.45) is 5.92 Å². The van der Waals surface area contributed by atoms with Crippen molar-refractivity contribution < 1.29 is 18.3 Å². The number of rotatable bonds is 8. The van der Waals surface area contributed by atoms with Crippen LogP contribution >= 0.6 is 23.4 Å². The van der Waals surface area contributed by atoms with E-state index in [0.717, 1.165) is 0 Å². The molecule has 1 fully saturated rings. The monoisotopic (exact) mass is 495 g/mol. The highest BCUT2D eigenvalue weighted by atomic mass is 35.5. The first-order valence-corrected chi connectivity index (χ1v) is 12.2. The summed E-state index contributed by atoms with van der Waals surface area (Å²) in [5.74, 6) is -2.03. The number of benzene rings is 1.